The van der Waals surface area contributed by atoms with Crippen molar-refractivity contribution in [2.75, 3.05) is 0 Å². The van der Waals surface area contributed by atoms with E-state index in [1.54, 1.807) is 0 Å². The second-order valence-corrected chi connectivity index (χ2v) is 5.56. The number of carbonyl (C=O) groups is 1. The first kappa shape index (κ1) is 15.3. The Balaban J connectivity index is 1.83. The van der Waals surface area contributed by atoms with Gasteiger partial charge in [0, 0.05) is 5.69 Å². The van der Waals surface area contributed by atoms with Crippen molar-refractivity contribution in [2.45, 2.75) is 47.3 Å². The molecule has 4 heteroatoms. The number of aromatic nitrogens is 2. The van der Waals surface area contributed by atoms with Crippen LogP contribution in [0.5, 0.6) is 0 Å². The van der Waals surface area contributed by atoms with Gasteiger partial charge in [0.15, 0.2) is 0 Å². The summed E-state index contributed by atoms with van der Waals surface area (Å²) in [6.45, 7) is 8.91. The molecule has 0 bridgehead atoms. The zero-order valence-electron chi connectivity index (χ0n) is 13.1. The highest BCUT2D eigenvalue weighted by Crippen LogP contribution is 2.10. The molecule has 0 saturated heterocycles. The van der Waals surface area contributed by atoms with Crippen molar-refractivity contribution >= 4 is 5.97 Å². The molecular weight excluding hydrogens is 264 g/mol. The monoisotopic (exact) mass is 286 g/mol. The predicted octanol–water partition coefficient (Wildman–Crippen LogP) is 3.25. The number of carbonyl (C=O) groups excluding carboxylic acids is 1. The highest BCUT2D eigenvalue weighted by Gasteiger charge is 2.07. The number of rotatable bonds is 5. The maximum atomic E-state index is 11.8. The van der Waals surface area contributed by atoms with Crippen LogP contribution in [0.15, 0.2) is 24.3 Å². The molecule has 0 atom stereocenters. The molecule has 1 aromatic heterocycles. The Kier molecular flexibility index (Phi) is 4.78. The van der Waals surface area contributed by atoms with Crippen molar-refractivity contribution in [1.29, 1.82) is 0 Å². The summed E-state index contributed by atoms with van der Waals surface area (Å²) in [6.07, 6.45) is 0.340. The molecule has 0 radical (unpaired) electrons. The van der Waals surface area contributed by atoms with E-state index in [4.69, 9.17) is 4.74 Å². The SMILES string of the molecule is Cc1cc(C)cc(COC(=O)CCn2nc(C)cc2C)c1. The van der Waals surface area contributed by atoms with Crippen LogP contribution < -0.4 is 0 Å². The van der Waals surface area contributed by atoms with Crippen LogP contribution in [0.2, 0.25) is 0 Å². The van der Waals surface area contributed by atoms with E-state index < -0.39 is 0 Å². The molecule has 0 spiro atoms. The fraction of sp³-hybridized carbons (Fsp3) is 0.412. The van der Waals surface area contributed by atoms with Gasteiger partial charge < -0.3 is 4.74 Å². The van der Waals surface area contributed by atoms with E-state index in [0.717, 1.165) is 17.0 Å². The summed E-state index contributed by atoms with van der Waals surface area (Å²) < 4.78 is 7.17. The molecule has 2 rings (SSSR count). The molecule has 2 aromatic rings. The Hall–Kier alpha value is -2.10. The summed E-state index contributed by atoms with van der Waals surface area (Å²) in [5.41, 5.74) is 5.44. The lowest BCUT2D eigenvalue weighted by atomic mass is 10.1. The van der Waals surface area contributed by atoms with Gasteiger partial charge in [-0.05, 0) is 39.3 Å². The molecule has 21 heavy (non-hydrogen) atoms. The standard InChI is InChI=1S/C17H22N2O2/c1-12-7-13(2)9-16(8-12)11-21-17(20)5-6-19-15(4)10-14(3)18-19/h7-10H,5-6,11H2,1-4H3. The molecule has 0 aliphatic rings. The first-order valence-corrected chi connectivity index (χ1v) is 7.18. The molecular formula is C17H22N2O2. The topological polar surface area (TPSA) is 44.1 Å². The minimum Gasteiger partial charge on any atom is -0.461 e. The third-order valence-electron chi connectivity index (χ3n) is 3.31. The molecule has 0 N–H and O–H groups in total. The molecule has 0 saturated carbocycles. The molecule has 4 nitrogen and oxygen atoms in total. The lowest BCUT2D eigenvalue weighted by Gasteiger charge is -2.08. The van der Waals surface area contributed by atoms with E-state index in [9.17, 15) is 4.79 Å². The van der Waals surface area contributed by atoms with Crippen LogP contribution in [0, 0.1) is 27.7 Å². The van der Waals surface area contributed by atoms with Crippen molar-refractivity contribution in [3.05, 3.63) is 52.3 Å². The summed E-state index contributed by atoms with van der Waals surface area (Å²) >= 11 is 0. The van der Waals surface area contributed by atoms with Crippen molar-refractivity contribution in [1.82, 2.24) is 9.78 Å². The van der Waals surface area contributed by atoms with E-state index in [0.29, 0.717) is 19.6 Å². The van der Waals surface area contributed by atoms with Gasteiger partial charge in [-0.3, -0.25) is 9.48 Å². The van der Waals surface area contributed by atoms with Gasteiger partial charge in [0.25, 0.3) is 0 Å². The lowest BCUT2D eigenvalue weighted by molar-refractivity contribution is -0.145. The predicted molar refractivity (Wildman–Crippen MR) is 82.0 cm³/mol. The van der Waals surface area contributed by atoms with Gasteiger partial charge in [-0.25, -0.2) is 0 Å². The van der Waals surface area contributed by atoms with Gasteiger partial charge in [0.05, 0.1) is 18.7 Å². The average molecular weight is 286 g/mol. The minimum absolute atomic E-state index is 0.193. The quantitative estimate of drug-likeness (QED) is 0.792. The van der Waals surface area contributed by atoms with E-state index >= 15 is 0 Å². The van der Waals surface area contributed by atoms with E-state index in [1.807, 2.05) is 50.6 Å². The Morgan fingerprint density at radius 2 is 1.76 bits per heavy atom. The minimum atomic E-state index is -0.193. The number of esters is 1. The van der Waals surface area contributed by atoms with Crippen LogP contribution in [-0.2, 0) is 22.7 Å². The summed E-state index contributed by atoms with van der Waals surface area (Å²) in [7, 11) is 0. The summed E-state index contributed by atoms with van der Waals surface area (Å²) in [6, 6.07) is 8.19. The largest absolute Gasteiger partial charge is 0.461 e. The molecule has 0 aliphatic carbocycles. The Bertz CT molecular complexity index is 624. The summed E-state index contributed by atoms with van der Waals surface area (Å²) in [5, 5.41) is 4.33. The molecule has 0 unspecified atom stereocenters. The molecule has 1 aromatic carbocycles. The van der Waals surface area contributed by atoms with Crippen LogP contribution in [0.3, 0.4) is 0 Å². The van der Waals surface area contributed by atoms with Gasteiger partial charge in [0.2, 0.25) is 0 Å². The van der Waals surface area contributed by atoms with Crippen LogP contribution in [0.25, 0.3) is 0 Å². The molecule has 112 valence electrons. The fourth-order valence-electron chi connectivity index (χ4n) is 2.49. The second kappa shape index (κ2) is 6.57. The first-order chi connectivity index (χ1) is 9.94. The first-order valence-electron chi connectivity index (χ1n) is 7.18. The maximum Gasteiger partial charge on any atom is 0.308 e. The van der Waals surface area contributed by atoms with Crippen molar-refractivity contribution in [3.8, 4) is 0 Å². The Labute approximate surface area is 125 Å². The molecule has 1 heterocycles. The van der Waals surface area contributed by atoms with Crippen LogP contribution >= 0.6 is 0 Å². The van der Waals surface area contributed by atoms with Gasteiger partial charge >= 0.3 is 5.97 Å². The van der Waals surface area contributed by atoms with Crippen LogP contribution in [0.1, 0.15) is 34.5 Å². The smallest absolute Gasteiger partial charge is 0.308 e. The van der Waals surface area contributed by atoms with E-state index in [-0.39, 0.29) is 5.97 Å². The summed E-state index contributed by atoms with van der Waals surface area (Å²) in [5.74, 6) is -0.193. The third kappa shape index (κ3) is 4.45. The lowest BCUT2D eigenvalue weighted by Crippen LogP contribution is -2.11. The van der Waals surface area contributed by atoms with Crippen LogP contribution in [0.4, 0.5) is 0 Å². The van der Waals surface area contributed by atoms with Crippen LogP contribution in [-0.4, -0.2) is 15.7 Å². The van der Waals surface area contributed by atoms with Crippen molar-refractivity contribution in [2.24, 2.45) is 0 Å². The van der Waals surface area contributed by atoms with Gasteiger partial charge in [-0.15, -0.1) is 0 Å². The number of nitrogens with zero attached hydrogens (tertiary/aromatic N) is 2. The van der Waals surface area contributed by atoms with Crippen molar-refractivity contribution in [3.63, 3.8) is 0 Å². The number of hydrogen-bond acceptors (Lipinski definition) is 3. The molecule has 0 amide bonds. The summed E-state index contributed by atoms with van der Waals surface area (Å²) in [4.78, 5) is 11.8. The maximum absolute atomic E-state index is 11.8. The average Bonchev–Trinajstić information content (AvgIpc) is 2.71. The van der Waals surface area contributed by atoms with Crippen molar-refractivity contribution < 1.29 is 9.53 Å². The zero-order chi connectivity index (χ0) is 15.4. The second-order valence-electron chi connectivity index (χ2n) is 5.56. The normalized spacial score (nSPS) is 10.7. The molecule has 0 aliphatic heterocycles. The number of ether oxygens (including phenoxy) is 1. The van der Waals surface area contributed by atoms with E-state index in [2.05, 4.69) is 11.2 Å². The highest BCUT2D eigenvalue weighted by atomic mass is 16.5. The number of benzene rings is 1. The highest BCUT2D eigenvalue weighted by molar-refractivity contribution is 5.69. The Morgan fingerprint density at radius 1 is 1.10 bits per heavy atom. The Morgan fingerprint density at radius 3 is 2.33 bits per heavy atom. The van der Waals surface area contributed by atoms with Gasteiger partial charge in [0.1, 0.15) is 6.61 Å². The van der Waals surface area contributed by atoms with E-state index in [1.165, 1.54) is 11.1 Å². The molecule has 0 fully saturated rings. The van der Waals surface area contributed by atoms with Gasteiger partial charge in [-0.1, -0.05) is 29.3 Å². The number of hydrogen-bond donors (Lipinski definition) is 0. The number of aryl methyl sites for hydroxylation is 5. The van der Waals surface area contributed by atoms with Gasteiger partial charge in [-0.2, -0.15) is 5.10 Å². The fourth-order valence-corrected chi connectivity index (χ4v) is 2.49. The third-order valence-corrected chi connectivity index (χ3v) is 3.31. The zero-order valence-corrected chi connectivity index (χ0v) is 13.1.